The Morgan fingerprint density at radius 1 is 1.21 bits per heavy atom. The van der Waals surface area contributed by atoms with E-state index in [-0.39, 0.29) is 0 Å². The topological polar surface area (TPSA) is 51.0 Å². The lowest BCUT2D eigenvalue weighted by Gasteiger charge is -2.35. The fourth-order valence-corrected chi connectivity index (χ4v) is 4.48. The van der Waals surface area contributed by atoms with E-state index < -0.39 is 10.8 Å². The lowest BCUT2D eigenvalue weighted by Crippen LogP contribution is -2.44. The van der Waals surface area contributed by atoms with E-state index in [1.807, 2.05) is 48.9 Å². The van der Waals surface area contributed by atoms with Crippen LogP contribution in [-0.4, -0.2) is 48.8 Å². The lowest BCUT2D eigenvalue weighted by molar-refractivity contribution is 0.137. The average Bonchev–Trinajstić information content (AvgIpc) is 2.92. The van der Waals surface area contributed by atoms with E-state index in [2.05, 4.69) is 15.0 Å². The van der Waals surface area contributed by atoms with Gasteiger partial charge in [0.15, 0.2) is 0 Å². The molecule has 6 heteroatoms. The smallest absolute Gasteiger partial charge is 0.147 e. The van der Waals surface area contributed by atoms with Crippen molar-refractivity contribution in [3.05, 3.63) is 42.0 Å². The number of benzene rings is 1. The molecule has 1 aromatic carbocycles. The van der Waals surface area contributed by atoms with Gasteiger partial charge in [-0.05, 0) is 45.4 Å². The molecule has 2 atom stereocenters. The van der Waals surface area contributed by atoms with E-state index in [1.165, 1.54) is 19.3 Å². The molecule has 0 amide bonds. The molecule has 2 aromatic rings. The van der Waals surface area contributed by atoms with Crippen molar-refractivity contribution in [2.45, 2.75) is 50.6 Å². The second-order valence-electron chi connectivity index (χ2n) is 6.44. The van der Waals surface area contributed by atoms with Crippen molar-refractivity contribution >= 4 is 10.8 Å². The molecule has 0 saturated carbocycles. The normalized spacial score (nSPS) is 20.2. The van der Waals surface area contributed by atoms with E-state index in [4.69, 9.17) is 0 Å². The van der Waals surface area contributed by atoms with E-state index in [1.54, 1.807) is 0 Å². The van der Waals surface area contributed by atoms with Crippen molar-refractivity contribution in [2.75, 3.05) is 18.8 Å². The van der Waals surface area contributed by atoms with Gasteiger partial charge < -0.3 is 0 Å². The molecule has 0 N–H and O–H groups in total. The molecule has 1 aromatic heterocycles. The van der Waals surface area contributed by atoms with E-state index in [0.29, 0.717) is 11.8 Å². The zero-order valence-electron chi connectivity index (χ0n) is 14.5. The van der Waals surface area contributed by atoms with Gasteiger partial charge in [0.1, 0.15) is 11.6 Å². The Labute approximate surface area is 146 Å². The number of hydrogen-bond donors (Lipinski definition) is 0. The van der Waals surface area contributed by atoms with Crippen molar-refractivity contribution < 1.29 is 4.21 Å². The molecule has 2 heterocycles. The van der Waals surface area contributed by atoms with Gasteiger partial charge in [-0.15, -0.1) is 0 Å². The Morgan fingerprint density at radius 2 is 2.00 bits per heavy atom. The van der Waals surface area contributed by atoms with Gasteiger partial charge in [-0.25, -0.2) is 9.67 Å². The first kappa shape index (κ1) is 17.3. The van der Waals surface area contributed by atoms with Crippen LogP contribution < -0.4 is 0 Å². The summed E-state index contributed by atoms with van der Waals surface area (Å²) in [7, 11) is -0.923. The van der Waals surface area contributed by atoms with Crippen molar-refractivity contribution in [1.29, 1.82) is 0 Å². The zero-order chi connectivity index (χ0) is 16.9. The minimum atomic E-state index is -0.923. The molecular weight excluding hydrogens is 320 g/mol. The molecule has 3 rings (SSSR count). The zero-order valence-corrected chi connectivity index (χ0v) is 15.3. The minimum Gasteiger partial charge on any atom is -0.298 e. The number of likely N-dealkylation sites (tertiary alicyclic amines) is 1. The number of nitrogens with zero attached hydrogens (tertiary/aromatic N) is 4. The van der Waals surface area contributed by atoms with Gasteiger partial charge in [0.2, 0.25) is 0 Å². The number of rotatable bonds is 6. The maximum absolute atomic E-state index is 12.5. The van der Waals surface area contributed by atoms with Gasteiger partial charge in [0.25, 0.3) is 0 Å². The van der Waals surface area contributed by atoms with Crippen LogP contribution in [0.25, 0.3) is 0 Å². The predicted molar refractivity (Wildman–Crippen MR) is 96.4 cm³/mol. The quantitative estimate of drug-likeness (QED) is 0.807. The Morgan fingerprint density at radius 3 is 2.71 bits per heavy atom. The second-order valence-corrected chi connectivity index (χ2v) is 8.01. The lowest BCUT2D eigenvalue weighted by atomic mass is 10.0. The third kappa shape index (κ3) is 4.30. The average molecular weight is 346 g/mol. The monoisotopic (exact) mass is 346 g/mol. The Balaban J connectivity index is 1.60. The maximum Gasteiger partial charge on any atom is 0.147 e. The number of hydrogen-bond acceptors (Lipinski definition) is 4. The first-order chi connectivity index (χ1) is 11.6. The van der Waals surface area contributed by atoms with E-state index in [9.17, 15) is 4.21 Å². The third-order valence-electron chi connectivity index (χ3n) is 4.67. The summed E-state index contributed by atoms with van der Waals surface area (Å²) in [4.78, 5) is 7.81. The van der Waals surface area contributed by atoms with Crippen LogP contribution in [0.4, 0.5) is 0 Å². The Kier molecular flexibility index (Phi) is 5.79. The molecule has 0 radical (unpaired) electrons. The largest absolute Gasteiger partial charge is 0.298 e. The third-order valence-corrected chi connectivity index (χ3v) is 6.02. The minimum absolute atomic E-state index is 0.464. The Bertz CT molecular complexity index is 686. The summed E-state index contributed by atoms with van der Waals surface area (Å²) in [6, 6.07) is 10.2. The van der Waals surface area contributed by atoms with E-state index in [0.717, 1.165) is 36.2 Å². The van der Waals surface area contributed by atoms with Gasteiger partial charge in [0.05, 0.1) is 17.3 Å². The van der Waals surface area contributed by atoms with Crippen molar-refractivity contribution in [1.82, 2.24) is 19.7 Å². The van der Waals surface area contributed by atoms with Crippen LogP contribution in [0.3, 0.4) is 0 Å². The highest BCUT2D eigenvalue weighted by molar-refractivity contribution is 7.85. The molecule has 5 nitrogen and oxygen atoms in total. The molecule has 0 bridgehead atoms. The standard InChI is InChI=1S/C18H26N4OS/c1-15-19-16(2)22(20-15)14-17-8-6-7-11-21(17)12-13-24(23)18-9-4-3-5-10-18/h3-5,9-10,17H,6-8,11-14H2,1-2H3/t17-,24+/m0/s1. The van der Waals surface area contributed by atoms with Crippen LogP contribution in [-0.2, 0) is 17.3 Å². The molecule has 1 aliphatic heterocycles. The fraction of sp³-hybridized carbons (Fsp3) is 0.556. The first-order valence-electron chi connectivity index (χ1n) is 8.69. The Hall–Kier alpha value is -1.53. The molecule has 0 unspecified atom stereocenters. The van der Waals surface area contributed by atoms with Crippen LogP contribution in [0, 0.1) is 13.8 Å². The predicted octanol–water partition coefficient (Wildman–Crippen LogP) is 2.56. The summed E-state index contributed by atoms with van der Waals surface area (Å²) in [5, 5.41) is 4.50. The highest BCUT2D eigenvalue weighted by Crippen LogP contribution is 2.19. The van der Waals surface area contributed by atoms with Crippen LogP contribution in [0.15, 0.2) is 35.2 Å². The highest BCUT2D eigenvalue weighted by Gasteiger charge is 2.24. The van der Waals surface area contributed by atoms with Gasteiger partial charge in [-0.2, -0.15) is 5.10 Å². The van der Waals surface area contributed by atoms with Crippen LogP contribution in [0.2, 0.25) is 0 Å². The van der Waals surface area contributed by atoms with Gasteiger partial charge >= 0.3 is 0 Å². The van der Waals surface area contributed by atoms with Gasteiger partial charge in [-0.3, -0.25) is 9.11 Å². The summed E-state index contributed by atoms with van der Waals surface area (Å²) in [6.45, 7) is 6.79. The summed E-state index contributed by atoms with van der Waals surface area (Å²) in [5.41, 5.74) is 0. The van der Waals surface area contributed by atoms with Crippen molar-refractivity contribution in [3.8, 4) is 0 Å². The van der Waals surface area contributed by atoms with E-state index >= 15 is 0 Å². The number of aryl methyl sites for hydroxylation is 2. The molecule has 1 saturated heterocycles. The van der Waals surface area contributed by atoms with Crippen LogP contribution in [0.1, 0.15) is 30.9 Å². The molecule has 1 aliphatic rings. The number of aromatic nitrogens is 3. The second kappa shape index (κ2) is 8.03. The maximum atomic E-state index is 12.5. The molecule has 0 spiro atoms. The van der Waals surface area contributed by atoms with Crippen LogP contribution >= 0.6 is 0 Å². The van der Waals surface area contributed by atoms with Gasteiger partial charge in [-0.1, -0.05) is 24.6 Å². The molecule has 130 valence electrons. The summed E-state index contributed by atoms with van der Waals surface area (Å²) in [5.74, 6) is 2.50. The molecule has 1 fully saturated rings. The van der Waals surface area contributed by atoms with Crippen molar-refractivity contribution in [3.63, 3.8) is 0 Å². The van der Waals surface area contributed by atoms with Crippen LogP contribution in [0.5, 0.6) is 0 Å². The molecule has 0 aliphatic carbocycles. The molecule has 24 heavy (non-hydrogen) atoms. The SMILES string of the molecule is Cc1nc(C)n(C[C@@H]2CCCCN2CC[S@@](=O)c2ccccc2)n1. The number of piperidine rings is 1. The van der Waals surface area contributed by atoms with Crippen molar-refractivity contribution in [2.24, 2.45) is 0 Å². The summed E-state index contributed by atoms with van der Waals surface area (Å²) >= 11 is 0. The fourth-order valence-electron chi connectivity index (χ4n) is 3.39. The van der Waals surface area contributed by atoms with Gasteiger partial charge in [0, 0.05) is 23.2 Å². The highest BCUT2D eigenvalue weighted by atomic mass is 32.2. The summed E-state index contributed by atoms with van der Waals surface area (Å²) in [6.07, 6.45) is 3.66. The first-order valence-corrected chi connectivity index (χ1v) is 10.0. The molecular formula is C18H26N4OS. The summed E-state index contributed by atoms with van der Waals surface area (Å²) < 4.78 is 14.5.